The first kappa shape index (κ1) is 15.3. The molecular weight excluding hydrogens is 260 g/mol. The maximum atomic E-state index is 13.1. The third-order valence-electron chi connectivity index (χ3n) is 6.33. The summed E-state index contributed by atoms with van der Waals surface area (Å²) in [6.07, 6.45) is 11.5. The van der Waals surface area contributed by atoms with Crippen LogP contribution in [0.25, 0.3) is 0 Å². The first-order valence-corrected chi connectivity index (χ1v) is 9.15. The summed E-state index contributed by atoms with van der Waals surface area (Å²) in [5.41, 5.74) is -0.325. The molecule has 0 spiro atoms. The molecule has 0 bridgehead atoms. The van der Waals surface area contributed by atoms with Gasteiger partial charge in [0.2, 0.25) is 5.91 Å². The van der Waals surface area contributed by atoms with Crippen LogP contribution in [0.2, 0.25) is 0 Å². The van der Waals surface area contributed by atoms with Gasteiger partial charge in [-0.2, -0.15) is 0 Å². The van der Waals surface area contributed by atoms with Crippen molar-refractivity contribution in [3.05, 3.63) is 0 Å². The minimum atomic E-state index is -0.325. The van der Waals surface area contributed by atoms with Gasteiger partial charge in [-0.05, 0) is 50.9 Å². The van der Waals surface area contributed by atoms with Gasteiger partial charge in [-0.25, -0.2) is 0 Å². The zero-order chi connectivity index (χ0) is 15.0. The molecule has 3 aliphatic rings. The molecule has 0 aromatic rings. The highest BCUT2D eigenvalue weighted by atomic mass is 16.2. The summed E-state index contributed by atoms with van der Waals surface area (Å²) in [7, 11) is 0. The van der Waals surface area contributed by atoms with Crippen LogP contribution < -0.4 is 5.32 Å². The molecule has 0 aromatic carbocycles. The van der Waals surface area contributed by atoms with Crippen molar-refractivity contribution in [2.75, 3.05) is 0 Å². The van der Waals surface area contributed by atoms with Crippen LogP contribution in [0.4, 0.5) is 0 Å². The molecule has 120 valence electrons. The van der Waals surface area contributed by atoms with Crippen LogP contribution in [0.3, 0.4) is 0 Å². The Bertz CT molecular complexity index is 391. The summed E-state index contributed by atoms with van der Waals surface area (Å²) >= 11 is 0. The molecule has 1 N–H and O–H groups in total. The average molecular weight is 292 g/mol. The summed E-state index contributed by atoms with van der Waals surface area (Å²) in [6, 6.07) is 0.479. The van der Waals surface area contributed by atoms with Crippen LogP contribution in [0, 0.1) is 11.8 Å². The quantitative estimate of drug-likeness (QED) is 0.860. The van der Waals surface area contributed by atoms with Crippen molar-refractivity contribution in [3.63, 3.8) is 0 Å². The molecule has 1 aliphatic heterocycles. The van der Waals surface area contributed by atoms with Gasteiger partial charge < -0.3 is 4.90 Å². The van der Waals surface area contributed by atoms with Crippen LogP contribution in [0.5, 0.6) is 0 Å². The number of hydrogen-bond acceptors (Lipinski definition) is 2. The third-order valence-corrected chi connectivity index (χ3v) is 6.33. The van der Waals surface area contributed by atoms with E-state index in [2.05, 4.69) is 31.0 Å². The van der Waals surface area contributed by atoms with Gasteiger partial charge in [-0.3, -0.25) is 10.1 Å². The van der Waals surface area contributed by atoms with E-state index < -0.39 is 0 Å². The molecule has 2 aliphatic carbocycles. The zero-order valence-corrected chi connectivity index (χ0v) is 14.0. The number of rotatable bonds is 3. The molecule has 3 fully saturated rings. The van der Waals surface area contributed by atoms with Crippen LogP contribution in [0.1, 0.15) is 78.6 Å². The summed E-state index contributed by atoms with van der Waals surface area (Å²) in [5.74, 6) is 1.83. The van der Waals surface area contributed by atoms with Crippen LogP contribution in [0.15, 0.2) is 0 Å². The van der Waals surface area contributed by atoms with Gasteiger partial charge in [0.05, 0.1) is 11.7 Å². The van der Waals surface area contributed by atoms with Crippen LogP contribution >= 0.6 is 0 Å². The maximum absolute atomic E-state index is 13.1. The number of amides is 1. The van der Waals surface area contributed by atoms with Crippen molar-refractivity contribution in [2.24, 2.45) is 11.8 Å². The van der Waals surface area contributed by atoms with E-state index in [0.717, 1.165) is 12.3 Å². The first-order chi connectivity index (χ1) is 10.0. The molecule has 3 heteroatoms. The molecule has 4 atom stereocenters. The Morgan fingerprint density at radius 3 is 2.52 bits per heavy atom. The molecule has 3 nitrogen and oxygen atoms in total. The van der Waals surface area contributed by atoms with Gasteiger partial charge >= 0.3 is 0 Å². The van der Waals surface area contributed by atoms with E-state index in [4.69, 9.17) is 0 Å². The van der Waals surface area contributed by atoms with Gasteiger partial charge in [0.25, 0.3) is 0 Å². The van der Waals surface area contributed by atoms with E-state index in [9.17, 15) is 4.79 Å². The number of hydrogen-bond donors (Lipinski definition) is 1. The predicted molar refractivity (Wildman–Crippen MR) is 85.8 cm³/mol. The number of nitrogens with one attached hydrogen (secondary N) is 1. The van der Waals surface area contributed by atoms with Crippen molar-refractivity contribution < 1.29 is 4.79 Å². The van der Waals surface area contributed by atoms with Crippen molar-refractivity contribution in [2.45, 2.75) is 96.3 Å². The number of carbonyl (C=O) groups is 1. The Labute approximate surface area is 129 Å². The van der Waals surface area contributed by atoms with Crippen LogP contribution in [-0.4, -0.2) is 28.6 Å². The minimum Gasteiger partial charge on any atom is -0.322 e. The number of nitrogens with zero attached hydrogens (tertiary/aromatic N) is 1. The van der Waals surface area contributed by atoms with Crippen molar-refractivity contribution in [1.29, 1.82) is 0 Å². The largest absolute Gasteiger partial charge is 0.322 e. The fourth-order valence-corrected chi connectivity index (χ4v) is 4.79. The van der Waals surface area contributed by atoms with E-state index in [1.165, 1.54) is 51.4 Å². The second-order valence-electron chi connectivity index (χ2n) is 7.96. The SMILES string of the molecule is CCC1(C)NC(C2CCCC2)N(C2CCCC(C)C2)C1=O. The zero-order valence-electron chi connectivity index (χ0n) is 14.0. The molecule has 4 unspecified atom stereocenters. The van der Waals surface area contributed by atoms with Gasteiger partial charge in [0.1, 0.15) is 0 Å². The van der Waals surface area contributed by atoms with Gasteiger partial charge in [-0.1, -0.05) is 39.5 Å². The lowest BCUT2D eigenvalue weighted by Gasteiger charge is -2.39. The Morgan fingerprint density at radius 2 is 1.90 bits per heavy atom. The molecule has 3 rings (SSSR count). The van der Waals surface area contributed by atoms with E-state index >= 15 is 0 Å². The predicted octanol–water partition coefficient (Wildman–Crippen LogP) is 3.68. The van der Waals surface area contributed by atoms with Crippen molar-refractivity contribution in [1.82, 2.24) is 10.2 Å². The van der Waals surface area contributed by atoms with Crippen LogP contribution in [-0.2, 0) is 4.79 Å². The maximum Gasteiger partial charge on any atom is 0.244 e. The molecule has 1 heterocycles. The Balaban J connectivity index is 1.83. The highest BCUT2D eigenvalue weighted by molar-refractivity contribution is 5.88. The molecule has 1 amide bonds. The molecule has 2 saturated carbocycles. The van der Waals surface area contributed by atoms with Gasteiger partial charge in [0.15, 0.2) is 0 Å². The van der Waals surface area contributed by atoms with E-state index in [1.807, 2.05) is 0 Å². The Hall–Kier alpha value is -0.570. The molecule has 0 radical (unpaired) electrons. The second kappa shape index (κ2) is 5.91. The molecule has 21 heavy (non-hydrogen) atoms. The summed E-state index contributed by atoms with van der Waals surface area (Å²) in [5, 5.41) is 3.75. The Morgan fingerprint density at radius 1 is 1.19 bits per heavy atom. The average Bonchev–Trinajstić information content (AvgIpc) is 3.07. The minimum absolute atomic E-state index is 0.306. The van der Waals surface area contributed by atoms with Gasteiger partial charge in [0, 0.05) is 6.04 Å². The molecule has 1 saturated heterocycles. The topological polar surface area (TPSA) is 32.3 Å². The molecular formula is C18H32N2O. The van der Waals surface area contributed by atoms with Crippen molar-refractivity contribution >= 4 is 5.91 Å². The summed E-state index contributed by atoms with van der Waals surface area (Å²) < 4.78 is 0. The lowest BCUT2D eigenvalue weighted by molar-refractivity contribution is -0.136. The Kier molecular flexibility index (Phi) is 4.31. The normalized spacial score (nSPS) is 42.0. The first-order valence-electron chi connectivity index (χ1n) is 9.15. The fraction of sp³-hybridized carbons (Fsp3) is 0.944. The van der Waals surface area contributed by atoms with E-state index in [1.54, 1.807) is 0 Å². The monoisotopic (exact) mass is 292 g/mol. The highest BCUT2D eigenvalue weighted by Gasteiger charge is 2.51. The highest BCUT2D eigenvalue weighted by Crippen LogP contribution is 2.39. The summed E-state index contributed by atoms with van der Waals surface area (Å²) in [6.45, 7) is 6.61. The third kappa shape index (κ3) is 2.74. The second-order valence-corrected chi connectivity index (χ2v) is 7.96. The lowest BCUT2D eigenvalue weighted by atomic mass is 9.85. The fourth-order valence-electron chi connectivity index (χ4n) is 4.79. The summed E-state index contributed by atoms with van der Waals surface area (Å²) in [4.78, 5) is 15.4. The number of carbonyl (C=O) groups excluding carboxylic acids is 1. The standard InChI is InChI=1S/C18H32N2O/c1-4-18(3)17(21)20(15-11-7-8-13(2)12-15)16(19-18)14-9-5-6-10-14/h13-16,19H,4-12H2,1-3H3. The van der Waals surface area contributed by atoms with E-state index in [-0.39, 0.29) is 5.54 Å². The smallest absolute Gasteiger partial charge is 0.244 e. The van der Waals surface area contributed by atoms with Crippen molar-refractivity contribution in [3.8, 4) is 0 Å². The molecule has 0 aromatic heterocycles. The van der Waals surface area contributed by atoms with E-state index in [0.29, 0.717) is 24.0 Å². The van der Waals surface area contributed by atoms with Gasteiger partial charge in [-0.15, -0.1) is 0 Å². The lowest BCUT2D eigenvalue weighted by Crippen LogP contribution is -2.49.